The molecule has 0 fully saturated rings. The highest BCUT2D eigenvalue weighted by Crippen LogP contribution is 2.19. The summed E-state index contributed by atoms with van der Waals surface area (Å²) in [6.45, 7) is 2.13. The summed E-state index contributed by atoms with van der Waals surface area (Å²) in [7, 11) is 0. The number of para-hydroxylation sites is 1. The first-order valence-electron chi connectivity index (χ1n) is 5.70. The van der Waals surface area contributed by atoms with E-state index in [4.69, 9.17) is 9.47 Å². The highest BCUT2D eigenvalue weighted by atomic mass is 79.9. The zero-order valence-corrected chi connectivity index (χ0v) is 11.5. The van der Waals surface area contributed by atoms with Gasteiger partial charge in [-0.05, 0) is 31.4 Å². The van der Waals surface area contributed by atoms with Crippen LogP contribution in [0.2, 0.25) is 0 Å². The van der Waals surface area contributed by atoms with E-state index in [1.807, 2.05) is 24.3 Å². The van der Waals surface area contributed by atoms with E-state index in [-0.39, 0.29) is 12.6 Å². The van der Waals surface area contributed by atoms with Crippen LogP contribution in [0, 0.1) is 0 Å². The smallest absolute Gasteiger partial charge is 0.344 e. The van der Waals surface area contributed by atoms with Crippen molar-refractivity contribution < 1.29 is 14.3 Å². The molecular formula is C13H17BrO3. The van der Waals surface area contributed by atoms with Gasteiger partial charge in [-0.15, -0.1) is 0 Å². The fourth-order valence-corrected chi connectivity index (χ4v) is 1.73. The van der Waals surface area contributed by atoms with Gasteiger partial charge >= 0.3 is 5.97 Å². The molecule has 0 aliphatic rings. The molecule has 4 heteroatoms. The van der Waals surface area contributed by atoms with Crippen LogP contribution in [0.15, 0.2) is 24.3 Å². The monoisotopic (exact) mass is 300 g/mol. The van der Waals surface area contributed by atoms with Gasteiger partial charge in [-0.3, -0.25) is 0 Å². The van der Waals surface area contributed by atoms with Crippen molar-refractivity contribution in [1.82, 2.24) is 0 Å². The van der Waals surface area contributed by atoms with Crippen molar-refractivity contribution in [2.45, 2.75) is 19.8 Å². The number of benzene rings is 1. The Kier molecular flexibility index (Phi) is 6.70. The minimum Gasteiger partial charge on any atom is -0.482 e. The second-order valence-corrected chi connectivity index (χ2v) is 4.29. The van der Waals surface area contributed by atoms with Crippen LogP contribution in [0.4, 0.5) is 0 Å². The van der Waals surface area contributed by atoms with E-state index in [1.54, 1.807) is 6.92 Å². The van der Waals surface area contributed by atoms with Crippen molar-refractivity contribution in [2.24, 2.45) is 0 Å². The van der Waals surface area contributed by atoms with E-state index >= 15 is 0 Å². The average molecular weight is 301 g/mol. The number of hydrogen-bond acceptors (Lipinski definition) is 3. The molecular weight excluding hydrogens is 284 g/mol. The largest absolute Gasteiger partial charge is 0.482 e. The van der Waals surface area contributed by atoms with Crippen molar-refractivity contribution in [3.05, 3.63) is 29.8 Å². The van der Waals surface area contributed by atoms with Crippen LogP contribution < -0.4 is 4.74 Å². The van der Waals surface area contributed by atoms with Gasteiger partial charge in [0, 0.05) is 5.33 Å². The zero-order valence-electron chi connectivity index (χ0n) is 9.95. The van der Waals surface area contributed by atoms with E-state index < -0.39 is 0 Å². The summed E-state index contributed by atoms with van der Waals surface area (Å²) in [5.74, 6) is 0.435. The third-order valence-electron chi connectivity index (χ3n) is 2.20. The Bertz CT molecular complexity index is 352. The Hall–Kier alpha value is -1.03. The van der Waals surface area contributed by atoms with Gasteiger partial charge in [-0.1, -0.05) is 34.1 Å². The summed E-state index contributed by atoms with van der Waals surface area (Å²) in [6.07, 6.45) is 1.98. The summed E-state index contributed by atoms with van der Waals surface area (Å²) >= 11 is 3.40. The number of ether oxygens (including phenoxy) is 2. The third-order valence-corrected chi connectivity index (χ3v) is 2.76. The predicted molar refractivity (Wildman–Crippen MR) is 70.7 cm³/mol. The normalized spacial score (nSPS) is 10.0. The van der Waals surface area contributed by atoms with Gasteiger partial charge in [0.05, 0.1) is 6.61 Å². The second kappa shape index (κ2) is 8.12. The SMILES string of the molecule is CCOC(=O)COc1ccccc1CCCBr. The molecule has 0 N–H and O–H groups in total. The molecule has 1 aromatic carbocycles. The molecule has 0 saturated carbocycles. The van der Waals surface area contributed by atoms with Crippen molar-refractivity contribution in [3.8, 4) is 5.75 Å². The number of aryl methyl sites for hydroxylation is 1. The van der Waals surface area contributed by atoms with Crippen molar-refractivity contribution in [2.75, 3.05) is 18.5 Å². The van der Waals surface area contributed by atoms with Crippen molar-refractivity contribution in [3.63, 3.8) is 0 Å². The van der Waals surface area contributed by atoms with Crippen LogP contribution in [0.1, 0.15) is 18.9 Å². The first-order valence-corrected chi connectivity index (χ1v) is 6.82. The molecule has 94 valence electrons. The summed E-state index contributed by atoms with van der Waals surface area (Å²) < 4.78 is 10.3. The Morgan fingerprint density at radius 3 is 2.82 bits per heavy atom. The Labute approximate surface area is 110 Å². The second-order valence-electron chi connectivity index (χ2n) is 3.49. The Morgan fingerprint density at radius 2 is 2.12 bits per heavy atom. The number of rotatable bonds is 7. The van der Waals surface area contributed by atoms with Crippen LogP contribution in [-0.2, 0) is 16.0 Å². The minimum absolute atomic E-state index is 0.0286. The fraction of sp³-hybridized carbons (Fsp3) is 0.462. The molecule has 0 unspecified atom stereocenters. The van der Waals surface area contributed by atoms with Crippen LogP contribution in [-0.4, -0.2) is 24.5 Å². The summed E-state index contributed by atoms with van der Waals surface area (Å²) in [6, 6.07) is 7.77. The van der Waals surface area contributed by atoms with E-state index in [1.165, 1.54) is 0 Å². The summed E-state index contributed by atoms with van der Waals surface area (Å²) in [4.78, 5) is 11.2. The molecule has 0 atom stereocenters. The molecule has 0 bridgehead atoms. The summed E-state index contributed by atoms with van der Waals surface area (Å²) in [5.41, 5.74) is 1.12. The average Bonchev–Trinajstić information content (AvgIpc) is 2.35. The van der Waals surface area contributed by atoms with Crippen LogP contribution in [0.25, 0.3) is 0 Å². The number of halogens is 1. The quantitative estimate of drug-likeness (QED) is 0.574. The number of carbonyl (C=O) groups is 1. The lowest BCUT2D eigenvalue weighted by molar-refractivity contribution is -0.145. The van der Waals surface area contributed by atoms with Gasteiger partial charge in [-0.25, -0.2) is 4.79 Å². The first-order chi connectivity index (χ1) is 8.27. The minimum atomic E-state index is -0.331. The molecule has 0 aliphatic heterocycles. The van der Waals surface area contributed by atoms with E-state index in [0.717, 1.165) is 29.5 Å². The van der Waals surface area contributed by atoms with E-state index in [0.29, 0.717) is 6.61 Å². The Morgan fingerprint density at radius 1 is 1.35 bits per heavy atom. The lowest BCUT2D eigenvalue weighted by atomic mass is 10.1. The van der Waals surface area contributed by atoms with Crippen LogP contribution >= 0.6 is 15.9 Å². The molecule has 1 aromatic rings. The van der Waals surface area contributed by atoms with Crippen LogP contribution in [0.5, 0.6) is 5.75 Å². The lowest BCUT2D eigenvalue weighted by Crippen LogP contribution is -2.15. The Balaban J connectivity index is 2.54. The van der Waals surface area contributed by atoms with E-state index in [2.05, 4.69) is 15.9 Å². The van der Waals surface area contributed by atoms with Crippen LogP contribution in [0.3, 0.4) is 0 Å². The first kappa shape index (κ1) is 14.0. The standard InChI is InChI=1S/C13H17BrO3/c1-2-16-13(15)10-17-12-8-4-3-6-11(12)7-5-9-14/h3-4,6,8H,2,5,7,9-10H2,1H3. The van der Waals surface area contributed by atoms with Gasteiger partial charge < -0.3 is 9.47 Å². The molecule has 0 aromatic heterocycles. The number of hydrogen-bond donors (Lipinski definition) is 0. The maximum atomic E-state index is 11.2. The predicted octanol–water partition coefficient (Wildman–Crippen LogP) is 2.96. The highest BCUT2D eigenvalue weighted by Gasteiger charge is 2.06. The molecule has 0 heterocycles. The van der Waals surface area contributed by atoms with Crippen molar-refractivity contribution in [1.29, 1.82) is 0 Å². The van der Waals surface area contributed by atoms with Gasteiger partial charge in [-0.2, -0.15) is 0 Å². The zero-order chi connectivity index (χ0) is 12.5. The van der Waals surface area contributed by atoms with Gasteiger partial charge in [0.2, 0.25) is 0 Å². The lowest BCUT2D eigenvalue weighted by Gasteiger charge is -2.10. The highest BCUT2D eigenvalue weighted by molar-refractivity contribution is 9.09. The maximum Gasteiger partial charge on any atom is 0.344 e. The molecule has 0 radical (unpaired) electrons. The topological polar surface area (TPSA) is 35.5 Å². The molecule has 0 aliphatic carbocycles. The fourth-order valence-electron chi connectivity index (χ4n) is 1.45. The molecule has 3 nitrogen and oxygen atoms in total. The van der Waals surface area contributed by atoms with Gasteiger partial charge in [0.15, 0.2) is 6.61 Å². The summed E-state index contributed by atoms with van der Waals surface area (Å²) in [5, 5.41) is 0.958. The number of alkyl halides is 1. The number of carbonyl (C=O) groups excluding carboxylic acids is 1. The molecule has 17 heavy (non-hydrogen) atoms. The molecule has 0 spiro atoms. The molecule has 1 rings (SSSR count). The molecule has 0 saturated heterocycles. The van der Waals surface area contributed by atoms with Crippen molar-refractivity contribution >= 4 is 21.9 Å². The maximum absolute atomic E-state index is 11.2. The molecule has 0 amide bonds. The van der Waals surface area contributed by atoms with E-state index in [9.17, 15) is 4.79 Å². The number of esters is 1. The third kappa shape index (κ3) is 5.22. The van der Waals surface area contributed by atoms with Gasteiger partial charge in [0.1, 0.15) is 5.75 Å². The van der Waals surface area contributed by atoms with Gasteiger partial charge in [0.25, 0.3) is 0 Å².